The minimum absolute atomic E-state index is 0.0873. The molecule has 0 atom stereocenters. The van der Waals surface area contributed by atoms with Crippen LogP contribution in [0.15, 0.2) is 41.3 Å². The van der Waals surface area contributed by atoms with Crippen LogP contribution in [0.1, 0.15) is 80.9 Å². The first kappa shape index (κ1) is 26.4. The Labute approximate surface area is 215 Å². The molecule has 2 aliphatic carbocycles. The van der Waals surface area contributed by atoms with Crippen LogP contribution in [0.4, 0.5) is 5.69 Å². The van der Waals surface area contributed by atoms with Crippen molar-refractivity contribution in [1.29, 1.82) is 0 Å². The summed E-state index contributed by atoms with van der Waals surface area (Å²) in [6, 6.07) is 9.97. The van der Waals surface area contributed by atoms with Gasteiger partial charge in [0.1, 0.15) is 5.75 Å². The average molecular weight is 512 g/mol. The number of esters is 1. The highest BCUT2D eigenvalue weighted by Gasteiger charge is 2.37. The predicted molar refractivity (Wildman–Crippen MR) is 141 cm³/mol. The van der Waals surface area contributed by atoms with E-state index in [9.17, 15) is 18.0 Å². The van der Waals surface area contributed by atoms with Crippen LogP contribution in [0.2, 0.25) is 0 Å². The first-order valence-corrected chi connectivity index (χ1v) is 14.6. The third-order valence-corrected chi connectivity index (χ3v) is 9.52. The number of nitrogens with zero attached hydrogens (tertiary/aromatic N) is 1. The number of hydrogen-bond acceptors (Lipinski definition) is 5. The normalized spacial score (nSPS) is 17.5. The van der Waals surface area contributed by atoms with Crippen molar-refractivity contribution in [3.8, 4) is 5.75 Å². The number of anilines is 1. The number of sulfonamides is 1. The second kappa shape index (κ2) is 11.2. The Bertz CT molecular complexity index is 1180. The molecule has 0 bridgehead atoms. The van der Waals surface area contributed by atoms with Crippen molar-refractivity contribution < 1.29 is 22.7 Å². The fraction of sp³-hybridized carbons (Fsp3) is 0.517. The largest absolute Gasteiger partial charge is 0.426 e. The number of aryl methyl sites for hydroxylation is 3. The number of hydrogen-bond donors (Lipinski definition) is 0. The van der Waals surface area contributed by atoms with E-state index >= 15 is 0 Å². The Kier molecular flexibility index (Phi) is 8.18. The molecule has 0 aliphatic heterocycles. The Balaban J connectivity index is 1.67. The van der Waals surface area contributed by atoms with Gasteiger partial charge >= 0.3 is 5.97 Å². The fourth-order valence-corrected chi connectivity index (χ4v) is 7.65. The monoisotopic (exact) mass is 511 g/mol. The molecular weight excluding hydrogens is 474 g/mol. The fourth-order valence-electron chi connectivity index (χ4n) is 5.75. The zero-order valence-corrected chi connectivity index (χ0v) is 22.4. The first-order chi connectivity index (χ1) is 17.2. The summed E-state index contributed by atoms with van der Waals surface area (Å²) < 4.78 is 34.7. The van der Waals surface area contributed by atoms with Crippen LogP contribution >= 0.6 is 0 Å². The van der Waals surface area contributed by atoms with Crippen molar-refractivity contribution in [2.75, 3.05) is 4.31 Å². The van der Waals surface area contributed by atoms with E-state index in [-0.39, 0.29) is 34.3 Å². The van der Waals surface area contributed by atoms with Crippen molar-refractivity contribution in [3.63, 3.8) is 0 Å². The zero-order chi connectivity index (χ0) is 25.9. The SMILES string of the molecule is Cc1cc(C)c(S(=O)(=O)N(C(=O)C2CCCCC2)c2ccc(OC(=O)C3CCCCC3)cc2)c(C)c1. The van der Waals surface area contributed by atoms with Gasteiger partial charge in [0.2, 0.25) is 5.91 Å². The molecule has 194 valence electrons. The van der Waals surface area contributed by atoms with Crippen LogP contribution < -0.4 is 9.04 Å². The summed E-state index contributed by atoms with van der Waals surface area (Å²) in [5.41, 5.74) is 2.47. The third kappa shape index (κ3) is 5.66. The van der Waals surface area contributed by atoms with Gasteiger partial charge in [-0.05, 0) is 81.8 Å². The van der Waals surface area contributed by atoms with Crippen LogP contribution in [-0.2, 0) is 19.6 Å². The predicted octanol–water partition coefficient (Wildman–Crippen LogP) is 6.40. The highest BCUT2D eigenvalue weighted by Crippen LogP contribution is 2.35. The van der Waals surface area contributed by atoms with Crippen molar-refractivity contribution in [2.24, 2.45) is 11.8 Å². The van der Waals surface area contributed by atoms with E-state index in [4.69, 9.17) is 4.74 Å². The average Bonchev–Trinajstić information content (AvgIpc) is 2.85. The zero-order valence-electron chi connectivity index (χ0n) is 21.6. The molecule has 36 heavy (non-hydrogen) atoms. The molecule has 2 aromatic rings. The van der Waals surface area contributed by atoms with Crippen molar-refractivity contribution in [2.45, 2.75) is 89.9 Å². The lowest BCUT2D eigenvalue weighted by Crippen LogP contribution is -2.42. The number of ether oxygens (including phenoxy) is 1. The van der Waals surface area contributed by atoms with E-state index in [0.717, 1.165) is 61.2 Å². The Morgan fingerprint density at radius 2 is 1.28 bits per heavy atom. The van der Waals surface area contributed by atoms with Crippen LogP contribution in [-0.4, -0.2) is 20.3 Å². The lowest BCUT2D eigenvalue weighted by molar-refractivity contribution is -0.140. The summed E-state index contributed by atoms with van der Waals surface area (Å²) in [6.45, 7) is 5.46. The molecule has 6 nitrogen and oxygen atoms in total. The van der Waals surface area contributed by atoms with E-state index in [0.29, 0.717) is 29.7 Å². The van der Waals surface area contributed by atoms with Crippen LogP contribution in [0, 0.1) is 32.6 Å². The maximum atomic E-state index is 14.1. The van der Waals surface area contributed by atoms with E-state index in [2.05, 4.69) is 0 Å². The van der Waals surface area contributed by atoms with Gasteiger partial charge in [-0.3, -0.25) is 9.59 Å². The highest BCUT2D eigenvalue weighted by molar-refractivity contribution is 7.93. The van der Waals surface area contributed by atoms with Gasteiger partial charge in [-0.25, -0.2) is 12.7 Å². The molecule has 2 fully saturated rings. The molecule has 1 amide bonds. The molecule has 0 saturated heterocycles. The molecule has 4 rings (SSSR count). The van der Waals surface area contributed by atoms with Crippen molar-refractivity contribution in [1.82, 2.24) is 0 Å². The summed E-state index contributed by atoms with van der Waals surface area (Å²) in [6.07, 6.45) is 9.18. The van der Waals surface area contributed by atoms with E-state index in [1.165, 1.54) is 0 Å². The quantitative estimate of drug-likeness (QED) is 0.331. The first-order valence-electron chi connectivity index (χ1n) is 13.2. The minimum Gasteiger partial charge on any atom is -0.426 e. The maximum absolute atomic E-state index is 14.1. The summed E-state index contributed by atoms with van der Waals surface area (Å²) in [7, 11) is -4.16. The van der Waals surface area contributed by atoms with Gasteiger partial charge in [0.25, 0.3) is 10.0 Å². The number of rotatable bonds is 6. The van der Waals surface area contributed by atoms with E-state index < -0.39 is 10.0 Å². The molecule has 0 unspecified atom stereocenters. The molecule has 7 heteroatoms. The van der Waals surface area contributed by atoms with Gasteiger partial charge in [0.15, 0.2) is 0 Å². The molecule has 2 aromatic carbocycles. The van der Waals surface area contributed by atoms with Gasteiger partial charge < -0.3 is 4.74 Å². The molecule has 0 heterocycles. The van der Waals surface area contributed by atoms with E-state index in [1.807, 2.05) is 19.1 Å². The number of carbonyl (C=O) groups is 2. The Hall–Kier alpha value is -2.67. The van der Waals surface area contributed by atoms with Gasteiger partial charge in [-0.1, -0.05) is 56.2 Å². The molecule has 0 N–H and O–H groups in total. The lowest BCUT2D eigenvalue weighted by Gasteiger charge is -2.30. The smallest absolute Gasteiger partial charge is 0.314 e. The van der Waals surface area contributed by atoms with Crippen LogP contribution in [0.25, 0.3) is 0 Å². The van der Waals surface area contributed by atoms with Crippen LogP contribution in [0.3, 0.4) is 0 Å². The summed E-state index contributed by atoms with van der Waals surface area (Å²) >= 11 is 0. The highest BCUT2D eigenvalue weighted by atomic mass is 32.2. The topological polar surface area (TPSA) is 80.8 Å². The standard InChI is InChI=1S/C29H37NO5S/c1-20-18-21(2)27(22(3)19-20)36(33,34)30(28(31)23-10-6-4-7-11-23)25-14-16-26(17-15-25)35-29(32)24-12-8-5-9-13-24/h14-19,23-24H,4-13H2,1-3H3. The minimum atomic E-state index is -4.16. The Morgan fingerprint density at radius 1 is 0.778 bits per heavy atom. The van der Waals surface area contributed by atoms with Crippen molar-refractivity contribution >= 4 is 27.6 Å². The maximum Gasteiger partial charge on any atom is 0.314 e. The third-order valence-electron chi connectivity index (χ3n) is 7.49. The van der Waals surface area contributed by atoms with Gasteiger partial charge in [0.05, 0.1) is 16.5 Å². The molecule has 2 saturated carbocycles. The molecule has 2 aliphatic rings. The van der Waals surface area contributed by atoms with Gasteiger partial charge in [0, 0.05) is 5.92 Å². The molecule has 0 aromatic heterocycles. The van der Waals surface area contributed by atoms with Crippen LogP contribution in [0.5, 0.6) is 5.75 Å². The molecular formula is C29H37NO5S. The van der Waals surface area contributed by atoms with Crippen molar-refractivity contribution in [3.05, 3.63) is 53.1 Å². The second-order valence-corrected chi connectivity index (χ2v) is 12.1. The lowest BCUT2D eigenvalue weighted by atomic mass is 9.88. The number of benzene rings is 2. The number of amides is 1. The summed E-state index contributed by atoms with van der Waals surface area (Å²) in [5.74, 6) is -0.685. The summed E-state index contributed by atoms with van der Waals surface area (Å²) in [5, 5.41) is 0. The molecule has 0 radical (unpaired) electrons. The summed E-state index contributed by atoms with van der Waals surface area (Å²) in [4.78, 5) is 26.5. The Morgan fingerprint density at radius 3 is 1.81 bits per heavy atom. The second-order valence-electron chi connectivity index (χ2n) is 10.4. The molecule has 0 spiro atoms. The van der Waals surface area contributed by atoms with Gasteiger partial charge in [-0.2, -0.15) is 0 Å². The number of carbonyl (C=O) groups excluding carboxylic acids is 2. The van der Waals surface area contributed by atoms with E-state index in [1.54, 1.807) is 38.1 Å². The van der Waals surface area contributed by atoms with Gasteiger partial charge in [-0.15, -0.1) is 0 Å².